The molecule has 0 unspecified atom stereocenters. The van der Waals surface area contributed by atoms with Crippen LogP contribution in [0.2, 0.25) is 0 Å². The fraction of sp³-hybridized carbons (Fsp3) is 0.800. The van der Waals surface area contributed by atoms with E-state index in [-0.39, 0.29) is 5.91 Å². The predicted octanol–water partition coefficient (Wildman–Crippen LogP) is 0.501. The van der Waals surface area contributed by atoms with Gasteiger partial charge in [0, 0.05) is 19.0 Å². The minimum atomic E-state index is 0.115. The van der Waals surface area contributed by atoms with Gasteiger partial charge in [0.25, 0.3) is 0 Å². The molecule has 78 valence electrons. The maximum Gasteiger partial charge on any atom is 0.221 e. The van der Waals surface area contributed by atoms with E-state index in [9.17, 15) is 4.79 Å². The maximum absolute atomic E-state index is 11.3. The lowest BCUT2D eigenvalue weighted by Gasteiger charge is -2.15. The van der Waals surface area contributed by atoms with Crippen LogP contribution in [0.4, 0.5) is 0 Å². The minimum absolute atomic E-state index is 0.115. The van der Waals surface area contributed by atoms with Crippen molar-refractivity contribution in [1.82, 2.24) is 10.2 Å². The molecule has 4 nitrogen and oxygen atoms in total. The van der Waals surface area contributed by atoms with Crippen LogP contribution in [0.1, 0.15) is 26.2 Å². The number of carbonyl (C=O) groups is 1. The number of hydrogen-bond acceptors (Lipinski definition) is 3. The highest BCUT2D eigenvalue weighted by Gasteiger charge is 2.22. The van der Waals surface area contributed by atoms with Crippen LogP contribution in [0.25, 0.3) is 0 Å². The standard InChI is InChI=1S/C10H17N3O/c1-2-13(8-6-11)7-5-10(14)12-9-3-4-9/h9H,2-5,7-8H2,1H3,(H,12,14). The first-order chi connectivity index (χ1) is 6.76. The van der Waals surface area contributed by atoms with E-state index in [0.29, 0.717) is 25.6 Å². The van der Waals surface area contributed by atoms with Crippen LogP contribution >= 0.6 is 0 Å². The molecule has 0 spiro atoms. The summed E-state index contributed by atoms with van der Waals surface area (Å²) in [7, 11) is 0. The van der Waals surface area contributed by atoms with E-state index in [1.54, 1.807) is 0 Å². The summed E-state index contributed by atoms with van der Waals surface area (Å²) in [6.45, 7) is 3.91. The van der Waals surface area contributed by atoms with Crippen molar-refractivity contribution in [3.05, 3.63) is 0 Å². The molecule has 4 heteroatoms. The molecule has 0 aromatic carbocycles. The van der Waals surface area contributed by atoms with Crippen LogP contribution < -0.4 is 5.32 Å². The molecule has 1 rings (SSSR count). The number of rotatable bonds is 6. The second kappa shape index (κ2) is 5.61. The Kier molecular flexibility index (Phi) is 4.41. The van der Waals surface area contributed by atoms with E-state index < -0.39 is 0 Å². The lowest BCUT2D eigenvalue weighted by atomic mass is 10.3. The molecule has 1 amide bonds. The fourth-order valence-corrected chi connectivity index (χ4v) is 1.24. The zero-order chi connectivity index (χ0) is 10.4. The largest absolute Gasteiger partial charge is 0.353 e. The molecule has 0 bridgehead atoms. The third-order valence-corrected chi connectivity index (χ3v) is 2.34. The molecule has 14 heavy (non-hydrogen) atoms. The van der Waals surface area contributed by atoms with Crippen molar-refractivity contribution >= 4 is 5.91 Å². The van der Waals surface area contributed by atoms with Gasteiger partial charge in [-0.15, -0.1) is 0 Å². The summed E-state index contributed by atoms with van der Waals surface area (Å²) >= 11 is 0. The van der Waals surface area contributed by atoms with Crippen molar-refractivity contribution in [3.63, 3.8) is 0 Å². The van der Waals surface area contributed by atoms with Crippen LogP contribution in [-0.4, -0.2) is 36.5 Å². The van der Waals surface area contributed by atoms with Gasteiger partial charge in [-0.2, -0.15) is 5.26 Å². The van der Waals surface area contributed by atoms with E-state index in [2.05, 4.69) is 11.4 Å². The number of hydrogen-bond donors (Lipinski definition) is 1. The average molecular weight is 195 g/mol. The van der Waals surface area contributed by atoms with Crippen molar-refractivity contribution in [3.8, 4) is 6.07 Å². The van der Waals surface area contributed by atoms with E-state index >= 15 is 0 Å². The first-order valence-electron chi connectivity index (χ1n) is 5.15. The van der Waals surface area contributed by atoms with Gasteiger partial charge in [0.1, 0.15) is 0 Å². The van der Waals surface area contributed by atoms with E-state index in [1.165, 1.54) is 0 Å². The summed E-state index contributed by atoms with van der Waals surface area (Å²) in [6, 6.07) is 2.53. The van der Waals surface area contributed by atoms with E-state index in [1.807, 2.05) is 11.8 Å². The van der Waals surface area contributed by atoms with Crippen molar-refractivity contribution in [2.24, 2.45) is 0 Å². The number of nitrogens with zero attached hydrogens (tertiary/aromatic N) is 2. The van der Waals surface area contributed by atoms with Gasteiger partial charge in [0.2, 0.25) is 5.91 Å². The highest BCUT2D eigenvalue weighted by atomic mass is 16.1. The summed E-state index contributed by atoms with van der Waals surface area (Å²) in [5, 5.41) is 11.4. The number of amides is 1. The SMILES string of the molecule is CCN(CC#N)CCC(=O)NC1CC1. The summed E-state index contributed by atoms with van der Waals surface area (Å²) < 4.78 is 0. The highest BCUT2D eigenvalue weighted by Crippen LogP contribution is 2.18. The third kappa shape index (κ3) is 4.24. The van der Waals surface area contributed by atoms with Crippen molar-refractivity contribution in [2.45, 2.75) is 32.2 Å². The first kappa shape index (κ1) is 11.0. The van der Waals surface area contributed by atoms with Gasteiger partial charge in [-0.3, -0.25) is 9.69 Å². The fourth-order valence-electron chi connectivity index (χ4n) is 1.24. The second-order valence-corrected chi connectivity index (χ2v) is 3.62. The Bertz CT molecular complexity index is 230. The Morgan fingerprint density at radius 1 is 1.64 bits per heavy atom. The molecule has 0 aromatic heterocycles. The Labute approximate surface area is 84.9 Å². The van der Waals surface area contributed by atoms with Crippen LogP contribution in [0.5, 0.6) is 0 Å². The molecule has 0 radical (unpaired) electrons. The van der Waals surface area contributed by atoms with Crippen molar-refractivity contribution in [1.29, 1.82) is 5.26 Å². The summed E-state index contributed by atoms with van der Waals surface area (Å²) in [5.74, 6) is 0.115. The van der Waals surface area contributed by atoms with Crippen molar-refractivity contribution < 1.29 is 4.79 Å². The lowest BCUT2D eigenvalue weighted by Crippen LogP contribution is -2.32. The smallest absolute Gasteiger partial charge is 0.221 e. The van der Waals surface area contributed by atoms with Gasteiger partial charge in [0.05, 0.1) is 12.6 Å². The van der Waals surface area contributed by atoms with Crippen LogP contribution in [-0.2, 0) is 4.79 Å². The number of nitriles is 1. The molecule has 1 fully saturated rings. The zero-order valence-corrected chi connectivity index (χ0v) is 8.62. The van der Waals surface area contributed by atoms with Gasteiger partial charge in [-0.1, -0.05) is 6.92 Å². The molecule has 0 saturated heterocycles. The second-order valence-electron chi connectivity index (χ2n) is 3.62. The van der Waals surface area contributed by atoms with Gasteiger partial charge in [0.15, 0.2) is 0 Å². The van der Waals surface area contributed by atoms with E-state index in [0.717, 1.165) is 19.4 Å². The summed E-state index contributed by atoms with van der Waals surface area (Å²) in [5.41, 5.74) is 0. The summed E-state index contributed by atoms with van der Waals surface area (Å²) in [4.78, 5) is 13.3. The molecule has 1 aliphatic rings. The minimum Gasteiger partial charge on any atom is -0.353 e. The molecular formula is C10H17N3O. The Morgan fingerprint density at radius 3 is 2.86 bits per heavy atom. The van der Waals surface area contributed by atoms with Gasteiger partial charge in [-0.05, 0) is 19.4 Å². The normalized spacial score (nSPS) is 15.2. The van der Waals surface area contributed by atoms with Crippen molar-refractivity contribution in [2.75, 3.05) is 19.6 Å². The number of nitrogens with one attached hydrogen (secondary N) is 1. The molecule has 1 saturated carbocycles. The van der Waals surface area contributed by atoms with Gasteiger partial charge >= 0.3 is 0 Å². The molecule has 0 atom stereocenters. The predicted molar refractivity (Wildman–Crippen MR) is 53.5 cm³/mol. The lowest BCUT2D eigenvalue weighted by molar-refractivity contribution is -0.121. The molecule has 0 aliphatic heterocycles. The monoisotopic (exact) mass is 195 g/mol. The highest BCUT2D eigenvalue weighted by molar-refractivity contribution is 5.76. The third-order valence-electron chi connectivity index (χ3n) is 2.34. The average Bonchev–Trinajstić information content (AvgIpc) is 2.96. The Balaban J connectivity index is 2.10. The van der Waals surface area contributed by atoms with Crippen LogP contribution in [0.3, 0.4) is 0 Å². The van der Waals surface area contributed by atoms with Gasteiger partial charge in [-0.25, -0.2) is 0 Å². The van der Waals surface area contributed by atoms with E-state index in [4.69, 9.17) is 5.26 Å². The first-order valence-corrected chi connectivity index (χ1v) is 5.15. The molecule has 1 aliphatic carbocycles. The molecular weight excluding hydrogens is 178 g/mol. The Morgan fingerprint density at radius 2 is 2.36 bits per heavy atom. The quantitative estimate of drug-likeness (QED) is 0.628. The summed E-state index contributed by atoms with van der Waals surface area (Å²) in [6.07, 6.45) is 2.76. The molecule has 0 heterocycles. The maximum atomic E-state index is 11.3. The molecule has 1 N–H and O–H groups in total. The van der Waals surface area contributed by atoms with Crippen LogP contribution in [0, 0.1) is 11.3 Å². The molecule has 0 aromatic rings. The Hall–Kier alpha value is -1.08. The van der Waals surface area contributed by atoms with Crippen LogP contribution in [0.15, 0.2) is 0 Å². The van der Waals surface area contributed by atoms with Gasteiger partial charge < -0.3 is 5.32 Å². The topological polar surface area (TPSA) is 56.1 Å². The number of carbonyl (C=O) groups excluding carboxylic acids is 1. The zero-order valence-electron chi connectivity index (χ0n) is 8.62.